The third kappa shape index (κ3) is 5.70. The van der Waals surface area contributed by atoms with Gasteiger partial charge in [0.25, 0.3) is 0 Å². The number of hydrogen-bond acceptors (Lipinski definition) is 7. The summed E-state index contributed by atoms with van der Waals surface area (Å²) in [4.78, 5) is 8.48. The molecule has 0 radical (unpaired) electrons. The summed E-state index contributed by atoms with van der Waals surface area (Å²) in [6.45, 7) is 0.933. The van der Waals surface area contributed by atoms with Gasteiger partial charge in [-0.25, -0.2) is 14.4 Å². The van der Waals surface area contributed by atoms with E-state index in [2.05, 4.69) is 15.3 Å². The lowest BCUT2D eigenvalue weighted by Crippen LogP contribution is -2.05. The van der Waals surface area contributed by atoms with Crippen molar-refractivity contribution in [2.45, 2.75) is 19.8 Å². The van der Waals surface area contributed by atoms with Gasteiger partial charge in [-0.15, -0.1) is 11.3 Å². The molecule has 0 aliphatic carbocycles. The standard InChI is InChI=1S/C23H21FN4O2S/c24-20-5-2-1-4-17(20)14-29-18-10-16(13-28-23-21(25)6-3-7-27-23)11-19(12-18)30-15-22-26-8-9-31-22/h1-12H,13-15,25H2,(H,27,28). The number of halogens is 1. The summed E-state index contributed by atoms with van der Waals surface area (Å²) in [5, 5.41) is 5.99. The zero-order valence-electron chi connectivity index (χ0n) is 16.6. The van der Waals surface area contributed by atoms with Gasteiger partial charge in [0.2, 0.25) is 0 Å². The highest BCUT2D eigenvalue weighted by molar-refractivity contribution is 7.09. The zero-order valence-corrected chi connectivity index (χ0v) is 17.4. The van der Waals surface area contributed by atoms with Crippen LogP contribution in [0.3, 0.4) is 0 Å². The quantitative estimate of drug-likeness (QED) is 0.383. The second-order valence-electron chi connectivity index (χ2n) is 6.70. The minimum absolute atomic E-state index is 0.114. The number of nitrogen functional groups attached to an aromatic ring is 1. The van der Waals surface area contributed by atoms with Crippen LogP contribution in [0.15, 0.2) is 72.4 Å². The highest BCUT2D eigenvalue weighted by Gasteiger charge is 2.08. The Hall–Kier alpha value is -3.65. The van der Waals surface area contributed by atoms with E-state index in [1.807, 2.05) is 17.5 Å². The number of aromatic nitrogens is 2. The van der Waals surface area contributed by atoms with Crippen LogP contribution in [0.5, 0.6) is 11.5 Å². The lowest BCUT2D eigenvalue weighted by atomic mass is 10.2. The number of nitrogens with one attached hydrogen (secondary N) is 1. The number of hydrogen-bond donors (Lipinski definition) is 2. The second kappa shape index (κ2) is 9.90. The van der Waals surface area contributed by atoms with Gasteiger partial charge in [0.05, 0.1) is 5.69 Å². The topological polar surface area (TPSA) is 82.3 Å². The van der Waals surface area contributed by atoms with Crippen LogP contribution in [-0.2, 0) is 19.8 Å². The minimum Gasteiger partial charge on any atom is -0.489 e. The Morgan fingerprint density at radius 2 is 1.74 bits per heavy atom. The summed E-state index contributed by atoms with van der Waals surface area (Å²) in [6, 6.07) is 15.7. The van der Waals surface area contributed by atoms with Crippen LogP contribution in [0.25, 0.3) is 0 Å². The van der Waals surface area contributed by atoms with Gasteiger partial charge in [-0.3, -0.25) is 0 Å². The van der Waals surface area contributed by atoms with Crippen molar-refractivity contribution in [1.29, 1.82) is 0 Å². The summed E-state index contributed by atoms with van der Waals surface area (Å²) >= 11 is 1.53. The van der Waals surface area contributed by atoms with Gasteiger partial charge < -0.3 is 20.5 Å². The molecule has 8 heteroatoms. The molecule has 0 aliphatic heterocycles. The molecule has 4 rings (SSSR count). The molecule has 0 atom stereocenters. The number of thiazole rings is 1. The second-order valence-corrected chi connectivity index (χ2v) is 7.68. The highest BCUT2D eigenvalue weighted by atomic mass is 32.1. The Balaban J connectivity index is 1.50. The van der Waals surface area contributed by atoms with Crippen molar-refractivity contribution in [3.05, 3.63) is 94.3 Å². The van der Waals surface area contributed by atoms with E-state index >= 15 is 0 Å². The summed E-state index contributed by atoms with van der Waals surface area (Å²) in [7, 11) is 0. The first-order valence-electron chi connectivity index (χ1n) is 9.63. The van der Waals surface area contributed by atoms with Gasteiger partial charge in [-0.05, 0) is 35.9 Å². The fourth-order valence-corrected chi connectivity index (χ4v) is 3.42. The molecular formula is C23H21FN4O2S. The fourth-order valence-electron chi connectivity index (χ4n) is 2.90. The largest absolute Gasteiger partial charge is 0.489 e. The van der Waals surface area contributed by atoms with Crippen molar-refractivity contribution in [3.63, 3.8) is 0 Å². The molecule has 0 fully saturated rings. The van der Waals surface area contributed by atoms with E-state index < -0.39 is 0 Å². The van der Waals surface area contributed by atoms with Crippen molar-refractivity contribution < 1.29 is 13.9 Å². The Labute approximate surface area is 183 Å². The number of nitrogens with two attached hydrogens (primary N) is 1. The third-order valence-electron chi connectivity index (χ3n) is 4.44. The molecule has 0 bridgehead atoms. The number of ether oxygens (including phenoxy) is 2. The lowest BCUT2D eigenvalue weighted by molar-refractivity contribution is 0.286. The van der Waals surface area contributed by atoms with Crippen molar-refractivity contribution in [1.82, 2.24) is 9.97 Å². The summed E-state index contributed by atoms with van der Waals surface area (Å²) in [5.74, 6) is 1.51. The van der Waals surface area contributed by atoms with E-state index in [0.717, 1.165) is 10.6 Å². The van der Waals surface area contributed by atoms with Crippen LogP contribution in [-0.4, -0.2) is 9.97 Å². The van der Waals surface area contributed by atoms with E-state index in [1.54, 1.807) is 48.8 Å². The predicted molar refractivity (Wildman–Crippen MR) is 120 cm³/mol. The average Bonchev–Trinajstić information content (AvgIpc) is 3.30. The zero-order chi connectivity index (χ0) is 21.5. The molecule has 0 saturated carbocycles. The molecule has 0 amide bonds. The number of benzene rings is 2. The van der Waals surface area contributed by atoms with E-state index in [-0.39, 0.29) is 12.4 Å². The normalized spacial score (nSPS) is 10.6. The molecule has 0 aliphatic rings. The molecule has 0 unspecified atom stereocenters. The third-order valence-corrected chi connectivity index (χ3v) is 5.19. The van der Waals surface area contributed by atoms with Gasteiger partial charge in [-0.2, -0.15) is 0 Å². The first kappa shape index (κ1) is 20.6. The summed E-state index contributed by atoms with van der Waals surface area (Å²) in [6.07, 6.45) is 3.42. The molecule has 2 heterocycles. The highest BCUT2D eigenvalue weighted by Crippen LogP contribution is 2.26. The van der Waals surface area contributed by atoms with E-state index in [9.17, 15) is 4.39 Å². The van der Waals surface area contributed by atoms with Crippen molar-refractivity contribution in [2.75, 3.05) is 11.1 Å². The summed E-state index contributed by atoms with van der Waals surface area (Å²) in [5.41, 5.74) is 7.91. The Kier molecular flexibility index (Phi) is 6.59. The average molecular weight is 437 g/mol. The first-order chi connectivity index (χ1) is 15.2. The van der Waals surface area contributed by atoms with Crippen LogP contribution in [0.1, 0.15) is 16.1 Å². The number of nitrogens with zero attached hydrogens (tertiary/aromatic N) is 2. The maximum absolute atomic E-state index is 13.9. The van der Waals surface area contributed by atoms with Gasteiger partial charge in [0.15, 0.2) is 0 Å². The molecule has 6 nitrogen and oxygen atoms in total. The molecule has 3 N–H and O–H groups in total. The fraction of sp³-hybridized carbons (Fsp3) is 0.130. The van der Waals surface area contributed by atoms with Crippen LogP contribution in [0.2, 0.25) is 0 Å². The first-order valence-corrected chi connectivity index (χ1v) is 10.5. The molecule has 158 valence electrons. The molecule has 31 heavy (non-hydrogen) atoms. The molecule has 0 spiro atoms. The van der Waals surface area contributed by atoms with Crippen LogP contribution >= 0.6 is 11.3 Å². The van der Waals surface area contributed by atoms with E-state index in [1.165, 1.54) is 17.4 Å². The maximum atomic E-state index is 13.9. The van der Waals surface area contributed by atoms with Crippen molar-refractivity contribution in [2.24, 2.45) is 0 Å². The number of rotatable bonds is 9. The van der Waals surface area contributed by atoms with E-state index in [4.69, 9.17) is 15.2 Å². The lowest BCUT2D eigenvalue weighted by Gasteiger charge is -2.14. The maximum Gasteiger partial charge on any atom is 0.149 e. The molecule has 2 aromatic carbocycles. The Morgan fingerprint density at radius 1 is 0.935 bits per heavy atom. The number of anilines is 2. The van der Waals surface area contributed by atoms with Crippen LogP contribution in [0.4, 0.5) is 15.9 Å². The number of pyridine rings is 1. The predicted octanol–water partition coefficient (Wildman–Crippen LogP) is 5.03. The molecule has 4 aromatic rings. The smallest absolute Gasteiger partial charge is 0.149 e. The van der Waals surface area contributed by atoms with Crippen LogP contribution in [0, 0.1) is 5.82 Å². The summed E-state index contributed by atoms with van der Waals surface area (Å²) < 4.78 is 25.7. The monoisotopic (exact) mass is 436 g/mol. The molecular weight excluding hydrogens is 415 g/mol. The molecule has 0 saturated heterocycles. The Morgan fingerprint density at radius 3 is 2.48 bits per heavy atom. The van der Waals surface area contributed by atoms with E-state index in [0.29, 0.717) is 41.7 Å². The minimum atomic E-state index is -0.300. The van der Waals surface area contributed by atoms with Crippen molar-refractivity contribution in [3.8, 4) is 11.5 Å². The van der Waals surface area contributed by atoms with Crippen molar-refractivity contribution >= 4 is 22.8 Å². The molecule has 2 aromatic heterocycles. The van der Waals surface area contributed by atoms with Crippen LogP contribution < -0.4 is 20.5 Å². The SMILES string of the molecule is Nc1cccnc1NCc1cc(OCc2nccs2)cc(OCc2ccccc2F)c1. The Bertz CT molecular complexity index is 1070. The van der Waals surface area contributed by atoms with Gasteiger partial charge in [-0.1, -0.05) is 18.2 Å². The van der Waals surface area contributed by atoms with Gasteiger partial charge in [0.1, 0.15) is 41.4 Å². The van der Waals surface area contributed by atoms with Gasteiger partial charge >= 0.3 is 0 Å². The van der Waals surface area contributed by atoms with Gasteiger partial charge in [0, 0.05) is 35.9 Å².